The Morgan fingerprint density at radius 1 is 0.905 bits per heavy atom. The van der Waals surface area contributed by atoms with E-state index in [1.54, 1.807) is 0 Å². The highest BCUT2D eigenvalue weighted by Gasteiger charge is 2.19. The number of hydrogen-bond acceptors (Lipinski definition) is 3. The molecular formula is C18H18N2O. The SMILES string of the molecule is CC1(C)COC=N1.c1ccc2nc3ccccc3cc2c1. The fourth-order valence-corrected chi connectivity index (χ4v) is 2.18. The molecule has 0 aliphatic carbocycles. The van der Waals surface area contributed by atoms with E-state index in [1.807, 2.05) is 50.2 Å². The van der Waals surface area contributed by atoms with Crippen LogP contribution in [0, 0.1) is 0 Å². The zero-order chi connectivity index (χ0) is 14.7. The molecule has 0 atom stereocenters. The van der Waals surface area contributed by atoms with E-state index >= 15 is 0 Å². The molecule has 1 aromatic heterocycles. The van der Waals surface area contributed by atoms with Gasteiger partial charge in [-0.1, -0.05) is 36.4 Å². The maximum Gasteiger partial charge on any atom is 0.170 e. The molecule has 2 heterocycles. The fourth-order valence-electron chi connectivity index (χ4n) is 2.18. The number of ether oxygens (including phenoxy) is 1. The highest BCUT2D eigenvalue weighted by Crippen LogP contribution is 2.18. The average Bonchev–Trinajstić information content (AvgIpc) is 2.90. The molecule has 106 valence electrons. The van der Waals surface area contributed by atoms with Crippen molar-refractivity contribution in [3.05, 3.63) is 54.6 Å². The van der Waals surface area contributed by atoms with Crippen LogP contribution in [0.5, 0.6) is 0 Å². The summed E-state index contributed by atoms with van der Waals surface area (Å²) in [4.78, 5) is 8.60. The van der Waals surface area contributed by atoms with E-state index in [9.17, 15) is 0 Å². The minimum absolute atomic E-state index is 0.0417. The van der Waals surface area contributed by atoms with Gasteiger partial charge >= 0.3 is 0 Å². The van der Waals surface area contributed by atoms with E-state index in [2.05, 4.69) is 28.2 Å². The molecule has 0 N–H and O–H groups in total. The van der Waals surface area contributed by atoms with Crippen molar-refractivity contribution in [3.8, 4) is 0 Å². The Morgan fingerprint density at radius 3 is 1.90 bits per heavy atom. The van der Waals surface area contributed by atoms with Gasteiger partial charge in [0.25, 0.3) is 0 Å². The summed E-state index contributed by atoms with van der Waals surface area (Å²) < 4.78 is 4.87. The minimum atomic E-state index is 0.0417. The Labute approximate surface area is 124 Å². The lowest BCUT2D eigenvalue weighted by molar-refractivity contribution is 0.287. The Kier molecular flexibility index (Phi) is 3.57. The Bertz CT molecular complexity index is 688. The summed E-state index contributed by atoms with van der Waals surface area (Å²) in [5.41, 5.74) is 2.16. The van der Waals surface area contributed by atoms with Crippen molar-refractivity contribution in [1.82, 2.24) is 4.98 Å². The second-order valence-electron chi connectivity index (χ2n) is 5.73. The normalized spacial score (nSPS) is 15.5. The minimum Gasteiger partial charge on any atom is -0.481 e. The third-order valence-corrected chi connectivity index (χ3v) is 3.34. The summed E-state index contributed by atoms with van der Waals surface area (Å²) in [6.45, 7) is 4.81. The van der Waals surface area contributed by atoms with Crippen molar-refractivity contribution in [3.63, 3.8) is 0 Å². The number of nitrogens with zero attached hydrogens (tertiary/aromatic N) is 2. The van der Waals surface area contributed by atoms with Crippen molar-refractivity contribution in [1.29, 1.82) is 0 Å². The van der Waals surface area contributed by atoms with Crippen LogP contribution in [0.3, 0.4) is 0 Å². The molecule has 0 radical (unpaired) electrons. The topological polar surface area (TPSA) is 34.5 Å². The molecule has 1 aliphatic heterocycles. The first-order chi connectivity index (χ1) is 10.1. The molecule has 2 aromatic carbocycles. The van der Waals surface area contributed by atoms with Crippen LogP contribution in [0.25, 0.3) is 21.8 Å². The number of benzene rings is 2. The number of para-hydroxylation sites is 2. The smallest absolute Gasteiger partial charge is 0.170 e. The Morgan fingerprint density at radius 2 is 1.48 bits per heavy atom. The van der Waals surface area contributed by atoms with Gasteiger partial charge in [-0.25, -0.2) is 9.98 Å². The molecule has 4 rings (SSSR count). The number of fused-ring (bicyclic) bond motifs is 2. The van der Waals surface area contributed by atoms with Gasteiger partial charge in [0.2, 0.25) is 0 Å². The fraction of sp³-hybridized carbons (Fsp3) is 0.222. The number of aromatic nitrogens is 1. The van der Waals surface area contributed by atoms with Gasteiger partial charge in [0.05, 0.1) is 16.6 Å². The lowest BCUT2D eigenvalue weighted by Crippen LogP contribution is -2.17. The van der Waals surface area contributed by atoms with Gasteiger partial charge in [-0.2, -0.15) is 0 Å². The van der Waals surface area contributed by atoms with E-state index in [1.165, 1.54) is 17.2 Å². The molecule has 0 saturated carbocycles. The van der Waals surface area contributed by atoms with Gasteiger partial charge in [-0.15, -0.1) is 0 Å². The van der Waals surface area contributed by atoms with Crippen LogP contribution in [-0.2, 0) is 4.74 Å². The Hall–Kier alpha value is -2.42. The number of aliphatic imine (C=N–C) groups is 1. The highest BCUT2D eigenvalue weighted by atomic mass is 16.5. The third kappa shape index (κ3) is 3.19. The molecule has 3 aromatic rings. The number of rotatable bonds is 0. The summed E-state index contributed by atoms with van der Waals surface area (Å²) in [5, 5.41) is 2.40. The quantitative estimate of drug-likeness (QED) is 0.577. The van der Waals surface area contributed by atoms with Crippen molar-refractivity contribution in [2.24, 2.45) is 4.99 Å². The van der Waals surface area contributed by atoms with Crippen molar-refractivity contribution in [2.75, 3.05) is 6.61 Å². The van der Waals surface area contributed by atoms with Gasteiger partial charge in [-0.3, -0.25) is 0 Å². The molecule has 3 heteroatoms. The van der Waals surface area contributed by atoms with Crippen molar-refractivity contribution in [2.45, 2.75) is 19.4 Å². The molecular weight excluding hydrogens is 260 g/mol. The van der Waals surface area contributed by atoms with Gasteiger partial charge in [0.1, 0.15) is 6.61 Å². The summed E-state index contributed by atoms with van der Waals surface area (Å²) in [5.74, 6) is 0. The van der Waals surface area contributed by atoms with E-state index in [4.69, 9.17) is 4.74 Å². The van der Waals surface area contributed by atoms with Gasteiger partial charge in [0.15, 0.2) is 6.40 Å². The molecule has 3 nitrogen and oxygen atoms in total. The summed E-state index contributed by atoms with van der Waals surface area (Å²) in [6, 6.07) is 18.6. The van der Waals surface area contributed by atoms with Crippen LogP contribution in [-0.4, -0.2) is 23.5 Å². The lowest BCUT2D eigenvalue weighted by Gasteiger charge is -2.07. The van der Waals surface area contributed by atoms with E-state index in [0.717, 1.165) is 17.6 Å². The predicted octanol–water partition coefficient (Wildman–Crippen LogP) is 4.21. The number of pyridine rings is 1. The van der Waals surface area contributed by atoms with Gasteiger partial charge in [-0.05, 0) is 32.0 Å². The molecule has 0 bridgehead atoms. The lowest BCUT2D eigenvalue weighted by atomic mass is 10.1. The molecule has 0 spiro atoms. The first-order valence-corrected chi connectivity index (χ1v) is 7.04. The molecule has 0 amide bonds. The molecule has 21 heavy (non-hydrogen) atoms. The molecule has 1 aliphatic rings. The monoisotopic (exact) mass is 278 g/mol. The molecule has 0 fully saturated rings. The van der Waals surface area contributed by atoms with Crippen LogP contribution in [0.15, 0.2) is 59.6 Å². The standard InChI is InChI=1S/C13H9N.C5H9NO/c1-3-7-12-10(5-1)9-11-6-2-4-8-13(11)14-12;1-5(2)3-7-4-6-5/h1-9H;4H,3H2,1-2H3. The van der Waals surface area contributed by atoms with Crippen LogP contribution >= 0.6 is 0 Å². The zero-order valence-corrected chi connectivity index (χ0v) is 12.3. The van der Waals surface area contributed by atoms with Crippen LogP contribution in [0.1, 0.15) is 13.8 Å². The molecule has 0 saturated heterocycles. The largest absolute Gasteiger partial charge is 0.481 e. The zero-order valence-electron chi connectivity index (χ0n) is 12.3. The molecule has 0 unspecified atom stereocenters. The van der Waals surface area contributed by atoms with Gasteiger partial charge in [0, 0.05) is 10.8 Å². The van der Waals surface area contributed by atoms with Crippen LogP contribution in [0.2, 0.25) is 0 Å². The summed E-state index contributed by atoms with van der Waals surface area (Å²) in [6.07, 6.45) is 1.51. The van der Waals surface area contributed by atoms with Crippen LogP contribution in [0.4, 0.5) is 0 Å². The van der Waals surface area contributed by atoms with Gasteiger partial charge < -0.3 is 4.74 Å². The maximum atomic E-state index is 4.87. The average molecular weight is 278 g/mol. The van der Waals surface area contributed by atoms with Crippen LogP contribution < -0.4 is 0 Å². The number of hydrogen-bond donors (Lipinski definition) is 0. The highest BCUT2D eigenvalue weighted by molar-refractivity contribution is 5.92. The van der Waals surface area contributed by atoms with E-state index in [-0.39, 0.29) is 5.54 Å². The third-order valence-electron chi connectivity index (χ3n) is 3.34. The predicted molar refractivity (Wildman–Crippen MR) is 87.8 cm³/mol. The van der Waals surface area contributed by atoms with Crippen molar-refractivity contribution < 1.29 is 4.74 Å². The summed E-state index contributed by atoms with van der Waals surface area (Å²) in [7, 11) is 0. The Balaban J connectivity index is 0.000000160. The van der Waals surface area contributed by atoms with E-state index < -0.39 is 0 Å². The first kappa shape index (κ1) is 13.6. The maximum absolute atomic E-state index is 4.87. The summed E-state index contributed by atoms with van der Waals surface area (Å²) >= 11 is 0. The second-order valence-corrected chi connectivity index (χ2v) is 5.73. The van der Waals surface area contributed by atoms with Crippen molar-refractivity contribution >= 4 is 28.2 Å². The van der Waals surface area contributed by atoms with E-state index in [0.29, 0.717) is 0 Å². The second kappa shape index (κ2) is 5.52. The first-order valence-electron chi connectivity index (χ1n) is 7.04.